The number of halogens is 1. The first kappa shape index (κ1) is 22.9. The number of fused-ring (bicyclic) bond motifs is 1. The molecule has 2 aromatic carbocycles. The maximum absolute atomic E-state index is 15.1. The third-order valence-electron chi connectivity index (χ3n) is 7.59. The average Bonchev–Trinajstić information content (AvgIpc) is 3.53. The van der Waals surface area contributed by atoms with E-state index in [4.69, 9.17) is 4.98 Å². The molecule has 184 valence electrons. The molecule has 0 atom stereocenters. The highest BCUT2D eigenvalue weighted by molar-refractivity contribution is 6.01. The van der Waals surface area contributed by atoms with Crippen LogP contribution in [0.1, 0.15) is 17.8 Å². The molecule has 8 heteroatoms. The van der Waals surface area contributed by atoms with Crippen LogP contribution in [0.25, 0.3) is 27.7 Å². The van der Waals surface area contributed by atoms with Crippen LogP contribution in [0.3, 0.4) is 0 Å². The van der Waals surface area contributed by atoms with Crippen LogP contribution in [0.5, 0.6) is 0 Å². The van der Waals surface area contributed by atoms with E-state index in [2.05, 4.69) is 22.5 Å². The van der Waals surface area contributed by atoms with Crippen LogP contribution in [-0.2, 0) is 4.79 Å². The maximum atomic E-state index is 15.1. The number of aromatic nitrogens is 3. The summed E-state index contributed by atoms with van der Waals surface area (Å²) in [5, 5.41) is 11.1. The smallest absolute Gasteiger partial charge is 0.245 e. The van der Waals surface area contributed by atoms with Crippen molar-refractivity contribution in [2.45, 2.75) is 13.3 Å². The van der Waals surface area contributed by atoms with Gasteiger partial charge in [-0.05, 0) is 37.6 Å². The molecule has 6 rings (SSSR count). The number of imidazole rings is 1. The number of pyridine rings is 1. The summed E-state index contributed by atoms with van der Waals surface area (Å²) in [5.74, 6) is 0.947. The SMILES string of the molecule is C=CC(=O)N1CC2(CCN(c3nc4cc(-n5ccnc5C)ccc4c(-c4ccccc4F)c3C#N)C2)C1. The van der Waals surface area contributed by atoms with Gasteiger partial charge in [0.1, 0.15) is 29.1 Å². The zero-order valence-electron chi connectivity index (χ0n) is 20.5. The summed E-state index contributed by atoms with van der Waals surface area (Å²) in [6, 6.07) is 14.7. The maximum Gasteiger partial charge on any atom is 0.245 e. The lowest BCUT2D eigenvalue weighted by Gasteiger charge is -2.47. The van der Waals surface area contributed by atoms with Crippen molar-refractivity contribution in [3.8, 4) is 22.9 Å². The average molecular weight is 493 g/mol. The number of anilines is 1. The summed E-state index contributed by atoms with van der Waals surface area (Å²) in [5.41, 5.74) is 2.82. The summed E-state index contributed by atoms with van der Waals surface area (Å²) >= 11 is 0. The zero-order valence-corrected chi connectivity index (χ0v) is 20.5. The van der Waals surface area contributed by atoms with Crippen LogP contribution in [0.15, 0.2) is 67.5 Å². The Bertz CT molecular complexity index is 1610. The molecule has 2 aliphatic rings. The van der Waals surface area contributed by atoms with Crippen molar-refractivity contribution >= 4 is 22.6 Å². The van der Waals surface area contributed by atoms with E-state index in [1.54, 1.807) is 29.3 Å². The Hall–Kier alpha value is -4.51. The number of rotatable bonds is 4. The predicted octanol–water partition coefficient (Wildman–Crippen LogP) is 4.63. The molecule has 4 aromatic rings. The second-order valence-corrected chi connectivity index (χ2v) is 9.89. The van der Waals surface area contributed by atoms with Crippen LogP contribution >= 0.6 is 0 Å². The van der Waals surface area contributed by atoms with Crippen LogP contribution < -0.4 is 4.90 Å². The minimum Gasteiger partial charge on any atom is -0.355 e. The quantitative estimate of drug-likeness (QED) is 0.388. The van der Waals surface area contributed by atoms with Crippen LogP contribution in [-0.4, -0.2) is 51.5 Å². The summed E-state index contributed by atoms with van der Waals surface area (Å²) in [6.45, 7) is 8.22. The summed E-state index contributed by atoms with van der Waals surface area (Å²) in [7, 11) is 0. The number of aryl methyl sites for hydroxylation is 1. The van der Waals surface area contributed by atoms with Crippen molar-refractivity contribution < 1.29 is 9.18 Å². The molecule has 0 aliphatic carbocycles. The van der Waals surface area contributed by atoms with Crippen molar-refractivity contribution in [1.82, 2.24) is 19.4 Å². The molecule has 0 bridgehead atoms. The Balaban J connectivity index is 1.50. The Morgan fingerprint density at radius 1 is 1.22 bits per heavy atom. The number of nitriles is 1. The fourth-order valence-corrected chi connectivity index (χ4v) is 5.74. The minimum absolute atomic E-state index is 0.0318. The summed E-state index contributed by atoms with van der Waals surface area (Å²) < 4.78 is 17.1. The van der Waals surface area contributed by atoms with Crippen molar-refractivity contribution in [1.29, 1.82) is 5.26 Å². The monoisotopic (exact) mass is 492 g/mol. The van der Waals surface area contributed by atoms with Gasteiger partial charge >= 0.3 is 0 Å². The first-order chi connectivity index (χ1) is 17.9. The number of hydrogen-bond acceptors (Lipinski definition) is 5. The first-order valence-electron chi connectivity index (χ1n) is 12.2. The molecule has 2 fully saturated rings. The molecule has 1 spiro atoms. The van der Waals surface area contributed by atoms with E-state index in [0.717, 1.165) is 17.9 Å². The van der Waals surface area contributed by atoms with Gasteiger partial charge < -0.3 is 14.4 Å². The highest BCUT2D eigenvalue weighted by Gasteiger charge is 2.49. The number of benzene rings is 2. The Morgan fingerprint density at radius 2 is 2.03 bits per heavy atom. The molecule has 1 amide bonds. The zero-order chi connectivity index (χ0) is 25.7. The molecule has 0 saturated carbocycles. The van der Waals surface area contributed by atoms with Gasteiger partial charge in [-0.15, -0.1) is 0 Å². The normalized spacial score (nSPS) is 16.1. The Labute approximate surface area is 214 Å². The van der Waals surface area contributed by atoms with E-state index in [1.165, 1.54) is 12.1 Å². The van der Waals surface area contributed by atoms with E-state index >= 15 is 4.39 Å². The Kier molecular flexibility index (Phi) is 5.30. The number of carbonyl (C=O) groups is 1. The minimum atomic E-state index is -0.387. The van der Waals surface area contributed by atoms with Crippen LogP contribution in [0.4, 0.5) is 10.2 Å². The standard InChI is InChI=1S/C29H25FN6O/c1-3-26(37)35-17-29(18-35)10-12-34(16-29)28-23(15-31)27(21-6-4-5-7-24(21)30)22-9-8-20(14-25(22)33-28)36-13-11-32-19(36)2/h3-9,11,13-14H,1,10,12,16-18H2,2H3. The van der Waals surface area contributed by atoms with Crippen molar-refractivity contribution in [3.05, 3.63) is 84.7 Å². The number of likely N-dealkylation sites (tertiary alicyclic amines) is 1. The predicted molar refractivity (Wildman–Crippen MR) is 140 cm³/mol. The van der Waals surface area contributed by atoms with Crippen LogP contribution in [0, 0.1) is 29.5 Å². The molecule has 4 heterocycles. The van der Waals surface area contributed by atoms with Gasteiger partial charge in [-0.3, -0.25) is 4.79 Å². The molecule has 2 aromatic heterocycles. The third-order valence-corrected chi connectivity index (χ3v) is 7.59. The lowest BCUT2D eigenvalue weighted by atomic mass is 9.79. The second-order valence-electron chi connectivity index (χ2n) is 9.89. The van der Waals surface area contributed by atoms with Gasteiger partial charge in [-0.2, -0.15) is 5.26 Å². The molecule has 2 aliphatic heterocycles. The molecule has 2 saturated heterocycles. The highest BCUT2D eigenvalue weighted by atomic mass is 19.1. The number of carbonyl (C=O) groups excluding carboxylic acids is 1. The van der Waals surface area contributed by atoms with Gasteiger partial charge in [-0.25, -0.2) is 14.4 Å². The van der Waals surface area contributed by atoms with Gasteiger partial charge in [0.2, 0.25) is 5.91 Å². The fourth-order valence-electron chi connectivity index (χ4n) is 5.74. The lowest BCUT2D eigenvalue weighted by Crippen LogP contribution is -2.59. The van der Waals surface area contributed by atoms with Crippen molar-refractivity contribution in [2.24, 2.45) is 5.41 Å². The largest absolute Gasteiger partial charge is 0.355 e. The molecule has 37 heavy (non-hydrogen) atoms. The molecule has 7 nitrogen and oxygen atoms in total. The summed E-state index contributed by atoms with van der Waals surface area (Å²) in [6.07, 6.45) is 5.86. The number of nitrogens with zero attached hydrogens (tertiary/aromatic N) is 6. The van der Waals surface area contributed by atoms with Gasteiger partial charge in [0, 0.05) is 66.2 Å². The fraction of sp³-hybridized carbons (Fsp3) is 0.241. The molecule has 0 unspecified atom stereocenters. The van der Waals surface area contributed by atoms with Gasteiger partial charge in [-0.1, -0.05) is 30.8 Å². The highest BCUT2D eigenvalue weighted by Crippen LogP contribution is 2.44. The molecular weight excluding hydrogens is 467 g/mol. The van der Waals surface area contributed by atoms with Gasteiger partial charge in [0.25, 0.3) is 0 Å². The van der Waals surface area contributed by atoms with Crippen molar-refractivity contribution in [3.63, 3.8) is 0 Å². The first-order valence-corrected chi connectivity index (χ1v) is 12.2. The number of hydrogen-bond donors (Lipinski definition) is 0. The molecule has 0 radical (unpaired) electrons. The topological polar surface area (TPSA) is 78.1 Å². The number of amides is 1. The lowest BCUT2D eigenvalue weighted by molar-refractivity contribution is -0.136. The molecule has 0 N–H and O–H groups in total. The van der Waals surface area contributed by atoms with E-state index in [1.807, 2.05) is 35.9 Å². The van der Waals surface area contributed by atoms with E-state index in [-0.39, 0.29) is 17.1 Å². The third kappa shape index (κ3) is 3.66. The van der Waals surface area contributed by atoms with Crippen LogP contribution in [0.2, 0.25) is 0 Å². The van der Waals surface area contributed by atoms with E-state index in [9.17, 15) is 10.1 Å². The second kappa shape index (κ2) is 8.56. The summed E-state index contributed by atoms with van der Waals surface area (Å²) in [4.78, 5) is 25.2. The Morgan fingerprint density at radius 3 is 2.73 bits per heavy atom. The van der Waals surface area contributed by atoms with Crippen molar-refractivity contribution in [2.75, 3.05) is 31.1 Å². The van der Waals surface area contributed by atoms with Gasteiger partial charge in [0.15, 0.2) is 0 Å². The van der Waals surface area contributed by atoms with E-state index in [0.29, 0.717) is 59.6 Å². The molecular formula is C29H25FN6O. The van der Waals surface area contributed by atoms with Gasteiger partial charge in [0.05, 0.1) is 5.52 Å². The van der Waals surface area contributed by atoms with E-state index < -0.39 is 0 Å².